The highest BCUT2D eigenvalue weighted by Crippen LogP contribution is 2.25. The Labute approximate surface area is 110 Å². The third-order valence-electron chi connectivity index (χ3n) is 2.60. The topological polar surface area (TPSA) is 90.7 Å². The number of anilines is 1. The number of hydrogen-bond donors (Lipinski definition) is 1. The summed E-state index contributed by atoms with van der Waals surface area (Å²) in [6.45, 7) is 2.21. The number of ether oxygens (including phenoxy) is 2. The van der Waals surface area contributed by atoms with Crippen molar-refractivity contribution in [3.05, 3.63) is 33.9 Å². The minimum absolute atomic E-state index is 0.101. The van der Waals surface area contributed by atoms with E-state index in [-0.39, 0.29) is 23.0 Å². The largest absolute Gasteiger partial charge is 0.465 e. The van der Waals surface area contributed by atoms with Crippen molar-refractivity contribution in [2.75, 3.05) is 26.1 Å². The lowest BCUT2D eigenvalue weighted by Crippen LogP contribution is -2.19. The molecule has 0 amide bonds. The lowest BCUT2D eigenvalue weighted by Gasteiger charge is -2.12. The van der Waals surface area contributed by atoms with E-state index in [1.807, 2.05) is 6.92 Å². The summed E-state index contributed by atoms with van der Waals surface area (Å²) >= 11 is 0. The molecule has 0 saturated carbocycles. The first kappa shape index (κ1) is 14.9. The molecule has 7 heteroatoms. The Hall–Kier alpha value is -2.15. The van der Waals surface area contributed by atoms with E-state index < -0.39 is 10.9 Å². The number of benzene rings is 1. The van der Waals surface area contributed by atoms with E-state index in [0.717, 1.165) is 0 Å². The molecule has 7 nitrogen and oxygen atoms in total. The van der Waals surface area contributed by atoms with Crippen molar-refractivity contribution in [1.29, 1.82) is 0 Å². The van der Waals surface area contributed by atoms with Crippen LogP contribution in [0.3, 0.4) is 0 Å². The van der Waals surface area contributed by atoms with Gasteiger partial charge in [-0.2, -0.15) is 0 Å². The average Bonchev–Trinajstić information content (AvgIpc) is 2.43. The van der Waals surface area contributed by atoms with Gasteiger partial charge in [-0.25, -0.2) is 4.79 Å². The van der Waals surface area contributed by atoms with Gasteiger partial charge in [0.05, 0.1) is 23.7 Å². The van der Waals surface area contributed by atoms with Gasteiger partial charge in [-0.15, -0.1) is 0 Å². The second-order valence-corrected chi connectivity index (χ2v) is 3.91. The van der Waals surface area contributed by atoms with Gasteiger partial charge >= 0.3 is 5.97 Å². The number of nitro benzene ring substituents is 1. The first-order valence-electron chi connectivity index (χ1n) is 5.63. The zero-order valence-electron chi connectivity index (χ0n) is 11.0. The van der Waals surface area contributed by atoms with Crippen LogP contribution in [0.25, 0.3) is 0 Å². The van der Waals surface area contributed by atoms with Crippen LogP contribution in [-0.4, -0.2) is 37.8 Å². The van der Waals surface area contributed by atoms with Crippen molar-refractivity contribution in [1.82, 2.24) is 0 Å². The molecule has 0 aliphatic heterocycles. The summed E-state index contributed by atoms with van der Waals surface area (Å²) in [6.07, 6.45) is -0.110. The van der Waals surface area contributed by atoms with Gasteiger partial charge in [0.2, 0.25) is 0 Å². The third-order valence-corrected chi connectivity index (χ3v) is 2.60. The fourth-order valence-corrected chi connectivity index (χ4v) is 1.42. The van der Waals surface area contributed by atoms with E-state index in [1.54, 1.807) is 7.11 Å². The Kier molecular flexibility index (Phi) is 5.25. The Morgan fingerprint density at radius 1 is 1.47 bits per heavy atom. The molecular formula is C12H16N2O5. The van der Waals surface area contributed by atoms with Crippen LogP contribution >= 0.6 is 0 Å². The molecule has 1 aromatic rings. The van der Waals surface area contributed by atoms with Crippen molar-refractivity contribution in [3.63, 3.8) is 0 Å². The maximum atomic E-state index is 11.4. The number of carbonyl (C=O) groups excluding carboxylic acids is 1. The van der Waals surface area contributed by atoms with Crippen LogP contribution in [-0.2, 0) is 9.47 Å². The highest BCUT2D eigenvalue weighted by molar-refractivity contribution is 5.91. The van der Waals surface area contributed by atoms with Gasteiger partial charge in [0, 0.05) is 19.7 Å². The van der Waals surface area contributed by atoms with Gasteiger partial charge in [-0.05, 0) is 19.1 Å². The molecule has 1 N–H and O–H groups in total. The number of hydrogen-bond acceptors (Lipinski definition) is 6. The number of rotatable bonds is 6. The SMILES string of the molecule is COC(=O)c1ccc([N+](=O)[O-])c(NCC(C)OC)c1. The molecule has 0 aliphatic rings. The van der Waals surface area contributed by atoms with Crippen LogP contribution in [0.1, 0.15) is 17.3 Å². The van der Waals surface area contributed by atoms with E-state index in [2.05, 4.69) is 10.1 Å². The van der Waals surface area contributed by atoms with E-state index in [4.69, 9.17) is 4.74 Å². The fourth-order valence-electron chi connectivity index (χ4n) is 1.42. The summed E-state index contributed by atoms with van der Waals surface area (Å²) in [5.74, 6) is -0.544. The lowest BCUT2D eigenvalue weighted by molar-refractivity contribution is -0.384. The number of methoxy groups -OCH3 is 2. The summed E-state index contributed by atoms with van der Waals surface area (Å²) < 4.78 is 9.62. The van der Waals surface area contributed by atoms with Crippen molar-refractivity contribution in [2.45, 2.75) is 13.0 Å². The van der Waals surface area contributed by atoms with E-state index in [0.29, 0.717) is 6.54 Å². The summed E-state index contributed by atoms with van der Waals surface area (Å²) in [7, 11) is 2.80. The van der Waals surface area contributed by atoms with Gasteiger partial charge in [0.1, 0.15) is 5.69 Å². The second-order valence-electron chi connectivity index (χ2n) is 3.91. The van der Waals surface area contributed by atoms with Gasteiger partial charge in [0.15, 0.2) is 0 Å². The molecule has 0 fully saturated rings. The van der Waals surface area contributed by atoms with Crippen LogP contribution in [0.4, 0.5) is 11.4 Å². The molecule has 1 atom stereocenters. The molecule has 1 unspecified atom stereocenters. The molecule has 19 heavy (non-hydrogen) atoms. The molecule has 104 valence electrons. The number of carbonyl (C=O) groups is 1. The third kappa shape index (κ3) is 3.92. The standard InChI is InChI=1S/C12H16N2O5/c1-8(18-2)7-13-10-6-9(12(15)19-3)4-5-11(10)14(16)17/h4-6,8,13H,7H2,1-3H3. The maximum Gasteiger partial charge on any atom is 0.337 e. The van der Waals surface area contributed by atoms with Gasteiger partial charge in [-0.3, -0.25) is 10.1 Å². The number of nitrogens with one attached hydrogen (secondary N) is 1. The van der Waals surface area contributed by atoms with E-state index >= 15 is 0 Å². The van der Waals surface area contributed by atoms with Gasteiger partial charge in [0.25, 0.3) is 5.69 Å². The van der Waals surface area contributed by atoms with Crippen LogP contribution in [0.2, 0.25) is 0 Å². The molecule has 0 radical (unpaired) electrons. The summed E-state index contributed by atoms with van der Waals surface area (Å²) in [4.78, 5) is 21.8. The number of nitro groups is 1. The summed E-state index contributed by atoms with van der Waals surface area (Å²) in [6, 6.07) is 4.02. The zero-order valence-corrected chi connectivity index (χ0v) is 11.0. The Morgan fingerprint density at radius 2 is 2.16 bits per heavy atom. The Bertz CT molecular complexity index is 475. The molecule has 0 aromatic heterocycles. The fraction of sp³-hybridized carbons (Fsp3) is 0.417. The van der Waals surface area contributed by atoms with Crippen molar-refractivity contribution < 1.29 is 19.2 Å². The first-order chi connectivity index (χ1) is 8.99. The molecule has 1 rings (SSSR count). The highest BCUT2D eigenvalue weighted by Gasteiger charge is 2.17. The summed E-state index contributed by atoms with van der Waals surface area (Å²) in [5, 5.41) is 13.8. The highest BCUT2D eigenvalue weighted by atomic mass is 16.6. The Morgan fingerprint density at radius 3 is 2.68 bits per heavy atom. The molecule has 0 aliphatic carbocycles. The normalized spacial score (nSPS) is 11.7. The smallest absolute Gasteiger partial charge is 0.337 e. The predicted molar refractivity (Wildman–Crippen MR) is 69.4 cm³/mol. The van der Waals surface area contributed by atoms with Gasteiger partial charge in [-0.1, -0.05) is 0 Å². The molecule has 0 saturated heterocycles. The van der Waals surface area contributed by atoms with Crippen LogP contribution < -0.4 is 5.32 Å². The summed E-state index contributed by atoms with van der Waals surface area (Å²) in [5.41, 5.74) is 0.411. The zero-order chi connectivity index (χ0) is 14.4. The predicted octanol–water partition coefficient (Wildman–Crippen LogP) is 1.83. The second kappa shape index (κ2) is 6.69. The average molecular weight is 268 g/mol. The molecular weight excluding hydrogens is 252 g/mol. The first-order valence-corrected chi connectivity index (χ1v) is 5.63. The minimum Gasteiger partial charge on any atom is -0.465 e. The monoisotopic (exact) mass is 268 g/mol. The van der Waals surface area contributed by atoms with Crippen LogP contribution in [0.5, 0.6) is 0 Å². The lowest BCUT2D eigenvalue weighted by atomic mass is 10.1. The van der Waals surface area contributed by atoms with Crippen molar-refractivity contribution >= 4 is 17.3 Å². The molecule has 0 bridgehead atoms. The minimum atomic E-state index is -0.544. The molecule has 1 aromatic carbocycles. The molecule has 0 spiro atoms. The van der Waals surface area contributed by atoms with Crippen LogP contribution in [0.15, 0.2) is 18.2 Å². The number of nitrogens with zero attached hydrogens (tertiary/aromatic N) is 1. The van der Waals surface area contributed by atoms with Crippen molar-refractivity contribution in [2.24, 2.45) is 0 Å². The quantitative estimate of drug-likeness (QED) is 0.481. The van der Waals surface area contributed by atoms with E-state index in [9.17, 15) is 14.9 Å². The van der Waals surface area contributed by atoms with E-state index in [1.165, 1.54) is 25.3 Å². The maximum absolute atomic E-state index is 11.4. The Balaban J connectivity index is 3.01. The van der Waals surface area contributed by atoms with Gasteiger partial charge < -0.3 is 14.8 Å². The number of esters is 1. The van der Waals surface area contributed by atoms with Crippen molar-refractivity contribution in [3.8, 4) is 0 Å². The van der Waals surface area contributed by atoms with Crippen LogP contribution in [0, 0.1) is 10.1 Å². The molecule has 0 heterocycles.